The number of H-pyrrole nitrogens is 1. The third-order valence-electron chi connectivity index (χ3n) is 4.84. The van der Waals surface area contributed by atoms with Gasteiger partial charge >= 0.3 is 0 Å². The Labute approximate surface area is 181 Å². The second kappa shape index (κ2) is 7.73. The number of nitrogens with zero attached hydrogens (tertiary/aromatic N) is 5. The topological polar surface area (TPSA) is 99.5 Å². The van der Waals surface area contributed by atoms with E-state index < -0.39 is 0 Å². The summed E-state index contributed by atoms with van der Waals surface area (Å²) in [6, 6.07) is 15.2. The first kappa shape index (κ1) is 19.1. The number of methoxy groups -OCH3 is 3. The number of fused-ring (bicyclic) bond motifs is 1. The maximum Gasteiger partial charge on any atom is 0.235 e. The molecule has 0 aliphatic rings. The molecule has 0 radical (unpaired) electrons. The maximum atomic E-state index is 5.51. The largest absolute Gasteiger partial charge is 0.497 e. The summed E-state index contributed by atoms with van der Waals surface area (Å²) in [4.78, 5) is 0.651. The van der Waals surface area contributed by atoms with Gasteiger partial charge in [0, 0.05) is 5.56 Å². The van der Waals surface area contributed by atoms with Crippen LogP contribution >= 0.6 is 11.3 Å². The van der Waals surface area contributed by atoms with Gasteiger partial charge in [0.05, 0.1) is 32.6 Å². The fourth-order valence-electron chi connectivity index (χ4n) is 3.29. The summed E-state index contributed by atoms with van der Waals surface area (Å²) in [5.74, 6) is 2.71. The molecule has 0 atom stereocenters. The van der Waals surface area contributed by atoms with Gasteiger partial charge in [-0.25, -0.2) is 0 Å². The first-order valence-electron chi connectivity index (χ1n) is 9.35. The Morgan fingerprint density at radius 1 is 0.903 bits per heavy atom. The van der Waals surface area contributed by atoms with Crippen LogP contribution in [0.4, 0.5) is 0 Å². The van der Waals surface area contributed by atoms with Crippen LogP contribution in [-0.4, -0.2) is 51.3 Å². The van der Waals surface area contributed by atoms with Crippen LogP contribution in [0.3, 0.4) is 0 Å². The van der Waals surface area contributed by atoms with Crippen molar-refractivity contribution in [3.63, 3.8) is 0 Å². The van der Waals surface area contributed by atoms with Gasteiger partial charge in [0.25, 0.3) is 0 Å². The van der Waals surface area contributed by atoms with E-state index in [1.54, 1.807) is 25.8 Å². The Morgan fingerprint density at radius 3 is 2.32 bits per heavy atom. The molecule has 2 aromatic carbocycles. The lowest BCUT2D eigenvalue weighted by atomic mass is 10.1. The Bertz CT molecular complexity index is 1330. The SMILES string of the molecule is COc1ccc(-c2cc(-c3nnc4sc(-c5c(OC)cccc5OC)nn34)[nH]n2)cc1. The zero-order valence-electron chi connectivity index (χ0n) is 17.0. The maximum absolute atomic E-state index is 5.51. The van der Waals surface area contributed by atoms with E-state index in [1.165, 1.54) is 11.3 Å². The van der Waals surface area contributed by atoms with Crippen LogP contribution in [0.15, 0.2) is 48.5 Å². The first-order chi connectivity index (χ1) is 15.2. The molecule has 0 bridgehead atoms. The Morgan fingerprint density at radius 2 is 1.65 bits per heavy atom. The van der Waals surface area contributed by atoms with Crippen LogP contribution in [0.2, 0.25) is 0 Å². The van der Waals surface area contributed by atoms with Crippen LogP contribution in [-0.2, 0) is 0 Å². The molecule has 0 saturated heterocycles. The average Bonchev–Trinajstić information content (AvgIpc) is 3.54. The molecule has 0 fully saturated rings. The number of rotatable bonds is 6. The molecular weight excluding hydrogens is 416 g/mol. The lowest BCUT2D eigenvalue weighted by molar-refractivity contribution is 0.397. The number of ether oxygens (including phenoxy) is 3. The molecule has 0 spiro atoms. The van der Waals surface area contributed by atoms with E-state index in [4.69, 9.17) is 19.3 Å². The number of hydrogen-bond donors (Lipinski definition) is 1. The lowest BCUT2D eigenvalue weighted by Crippen LogP contribution is -1.95. The van der Waals surface area contributed by atoms with Gasteiger partial charge in [0.1, 0.15) is 22.9 Å². The van der Waals surface area contributed by atoms with E-state index >= 15 is 0 Å². The minimum atomic E-state index is 0.568. The predicted octanol–water partition coefficient (Wildman–Crippen LogP) is 3.94. The van der Waals surface area contributed by atoms with Crippen molar-refractivity contribution < 1.29 is 14.2 Å². The summed E-state index contributed by atoms with van der Waals surface area (Å²) in [5, 5.41) is 21.5. The average molecular weight is 434 g/mol. The lowest BCUT2D eigenvalue weighted by Gasteiger charge is -2.10. The van der Waals surface area contributed by atoms with Gasteiger partial charge in [-0.2, -0.15) is 14.7 Å². The standard InChI is InChI=1S/C21H18N6O3S/c1-28-13-9-7-12(8-10-13)14-11-15(23-22-14)19-24-25-21-27(19)26-20(31-21)18-16(29-2)5-4-6-17(18)30-3/h4-11H,1-3H3,(H,22,23). The Balaban J connectivity index is 1.55. The number of hydrogen-bond acceptors (Lipinski definition) is 8. The quantitative estimate of drug-likeness (QED) is 0.432. The van der Waals surface area contributed by atoms with Crippen LogP contribution in [0, 0.1) is 0 Å². The molecule has 0 saturated carbocycles. The highest BCUT2D eigenvalue weighted by molar-refractivity contribution is 7.19. The van der Waals surface area contributed by atoms with Crippen molar-refractivity contribution >= 4 is 16.3 Å². The van der Waals surface area contributed by atoms with E-state index in [2.05, 4.69) is 20.4 Å². The van der Waals surface area contributed by atoms with Crippen LogP contribution in [0.5, 0.6) is 17.2 Å². The third-order valence-corrected chi connectivity index (χ3v) is 5.75. The van der Waals surface area contributed by atoms with Crippen LogP contribution < -0.4 is 14.2 Å². The van der Waals surface area contributed by atoms with E-state index in [0.29, 0.717) is 28.0 Å². The number of benzene rings is 2. The zero-order valence-corrected chi connectivity index (χ0v) is 17.8. The van der Waals surface area contributed by atoms with E-state index in [1.807, 2.05) is 48.5 Å². The van der Waals surface area contributed by atoms with Crippen molar-refractivity contribution in [2.24, 2.45) is 0 Å². The summed E-state index contributed by atoms with van der Waals surface area (Å²) in [7, 11) is 4.88. The van der Waals surface area contributed by atoms with Crippen LogP contribution in [0.25, 0.3) is 38.3 Å². The van der Waals surface area contributed by atoms with Crippen LogP contribution in [0.1, 0.15) is 0 Å². The fraction of sp³-hybridized carbons (Fsp3) is 0.143. The van der Waals surface area contributed by atoms with Gasteiger partial charge in [-0.1, -0.05) is 17.4 Å². The molecule has 5 rings (SSSR count). The number of aromatic amines is 1. The highest BCUT2D eigenvalue weighted by Gasteiger charge is 2.21. The van der Waals surface area contributed by atoms with Gasteiger partial charge in [-0.05, 0) is 42.5 Å². The zero-order chi connectivity index (χ0) is 21.4. The molecule has 0 aliphatic carbocycles. The van der Waals surface area contributed by atoms with Crippen molar-refractivity contribution in [3.8, 4) is 50.6 Å². The molecule has 0 amide bonds. The molecular formula is C21H18N6O3S. The van der Waals surface area contributed by atoms with E-state index in [0.717, 1.165) is 27.6 Å². The molecule has 9 nitrogen and oxygen atoms in total. The minimum Gasteiger partial charge on any atom is -0.497 e. The van der Waals surface area contributed by atoms with Crippen molar-refractivity contribution in [2.75, 3.05) is 21.3 Å². The third kappa shape index (κ3) is 3.26. The molecule has 3 aromatic heterocycles. The van der Waals surface area contributed by atoms with Gasteiger partial charge in [-0.15, -0.1) is 10.2 Å². The van der Waals surface area contributed by atoms with Crippen molar-refractivity contribution in [3.05, 3.63) is 48.5 Å². The number of nitrogens with one attached hydrogen (secondary N) is 1. The van der Waals surface area contributed by atoms with Crippen molar-refractivity contribution in [1.29, 1.82) is 0 Å². The second-order valence-electron chi connectivity index (χ2n) is 6.56. The van der Waals surface area contributed by atoms with Crippen molar-refractivity contribution in [1.82, 2.24) is 30.0 Å². The molecule has 5 aromatic rings. The summed E-state index contributed by atoms with van der Waals surface area (Å²) >= 11 is 1.40. The van der Waals surface area contributed by atoms with Gasteiger partial charge in [-0.3, -0.25) is 5.10 Å². The second-order valence-corrected chi connectivity index (χ2v) is 7.51. The molecule has 10 heteroatoms. The first-order valence-corrected chi connectivity index (χ1v) is 10.2. The summed E-state index contributed by atoms with van der Waals surface area (Å²) in [5.41, 5.74) is 3.23. The fourth-order valence-corrected chi connectivity index (χ4v) is 4.19. The van der Waals surface area contributed by atoms with E-state index in [9.17, 15) is 0 Å². The molecule has 0 unspecified atom stereocenters. The van der Waals surface area contributed by atoms with Gasteiger partial charge in [0.15, 0.2) is 5.01 Å². The Kier molecular flexibility index (Phi) is 4.75. The monoisotopic (exact) mass is 434 g/mol. The summed E-state index contributed by atoms with van der Waals surface area (Å²) in [6.45, 7) is 0. The molecule has 31 heavy (non-hydrogen) atoms. The predicted molar refractivity (Wildman–Crippen MR) is 117 cm³/mol. The molecule has 0 aliphatic heterocycles. The minimum absolute atomic E-state index is 0.568. The molecule has 156 valence electrons. The summed E-state index contributed by atoms with van der Waals surface area (Å²) in [6.07, 6.45) is 0. The van der Waals surface area contributed by atoms with Crippen molar-refractivity contribution in [2.45, 2.75) is 0 Å². The highest BCUT2D eigenvalue weighted by atomic mass is 32.1. The number of aromatic nitrogens is 6. The molecule has 3 heterocycles. The smallest absolute Gasteiger partial charge is 0.235 e. The van der Waals surface area contributed by atoms with E-state index in [-0.39, 0.29) is 0 Å². The summed E-state index contributed by atoms with van der Waals surface area (Å²) < 4.78 is 17.9. The van der Waals surface area contributed by atoms with Gasteiger partial charge in [0.2, 0.25) is 10.8 Å². The normalized spacial score (nSPS) is 11.1. The molecule has 1 N–H and O–H groups in total. The van der Waals surface area contributed by atoms with Gasteiger partial charge < -0.3 is 14.2 Å². The Hall–Kier alpha value is -3.92. The highest BCUT2D eigenvalue weighted by Crippen LogP contribution is 2.40.